The Morgan fingerprint density at radius 3 is 3.00 bits per heavy atom. The van der Waals surface area contributed by atoms with Crippen LogP contribution >= 0.6 is 15.9 Å². The number of hydrogen-bond acceptors (Lipinski definition) is 2. The van der Waals surface area contributed by atoms with Crippen LogP contribution in [0, 0.1) is 0 Å². The minimum absolute atomic E-state index is 0.708. The van der Waals surface area contributed by atoms with Gasteiger partial charge in [-0.1, -0.05) is 34.1 Å². The molecule has 0 amide bonds. The van der Waals surface area contributed by atoms with Crippen molar-refractivity contribution in [1.29, 1.82) is 0 Å². The number of rotatable bonds is 6. The molecule has 2 nitrogen and oxygen atoms in total. The van der Waals surface area contributed by atoms with E-state index in [1.165, 1.54) is 31.4 Å². The lowest BCUT2D eigenvalue weighted by molar-refractivity contribution is 0.115. The maximum atomic E-state index is 5.70. The van der Waals surface area contributed by atoms with Gasteiger partial charge < -0.3 is 10.1 Å². The summed E-state index contributed by atoms with van der Waals surface area (Å²) < 4.78 is 6.84. The molecule has 1 aliphatic heterocycles. The van der Waals surface area contributed by atoms with Crippen LogP contribution in [0.4, 0.5) is 0 Å². The first-order valence-corrected chi connectivity index (χ1v) is 7.20. The molecule has 0 aliphatic carbocycles. The molecule has 1 aromatic carbocycles. The van der Waals surface area contributed by atoms with E-state index < -0.39 is 0 Å². The van der Waals surface area contributed by atoms with Crippen LogP contribution in [-0.4, -0.2) is 19.2 Å². The summed E-state index contributed by atoms with van der Waals surface area (Å²) in [6, 6.07) is 8.97. The molecular formula is C14H20BrNO. The van der Waals surface area contributed by atoms with Gasteiger partial charge in [-0.15, -0.1) is 0 Å². The van der Waals surface area contributed by atoms with Gasteiger partial charge in [-0.05, 0) is 43.9 Å². The fourth-order valence-electron chi connectivity index (χ4n) is 2.23. The van der Waals surface area contributed by atoms with Gasteiger partial charge in [0.15, 0.2) is 0 Å². The van der Waals surface area contributed by atoms with E-state index in [0.29, 0.717) is 6.61 Å². The second kappa shape index (κ2) is 7.14. The van der Waals surface area contributed by atoms with E-state index in [1.807, 2.05) is 12.1 Å². The molecule has 17 heavy (non-hydrogen) atoms. The predicted octanol–water partition coefficient (Wildman–Crippen LogP) is 3.50. The summed E-state index contributed by atoms with van der Waals surface area (Å²) in [4.78, 5) is 0. The second-order valence-corrected chi connectivity index (χ2v) is 5.43. The lowest BCUT2D eigenvalue weighted by atomic mass is 10.1. The summed E-state index contributed by atoms with van der Waals surface area (Å²) >= 11 is 3.53. The highest BCUT2D eigenvalue weighted by molar-refractivity contribution is 9.10. The Balaban J connectivity index is 1.58. The Hall–Kier alpha value is -0.380. The molecule has 1 atom stereocenters. The minimum atomic E-state index is 0.708. The fraction of sp³-hybridized carbons (Fsp3) is 0.571. The molecule has 1 aromatic rings. The van der Waals surface area contributed by atoms with Gasteiger partial charge in [0.1, 0.15) is 0 Å². The Morgan fingerprint density at radius 1 is 1.35 bits per heavy atom. The highest BCUT2D eigenvalue weighted by atomic mass is 79.9. The van der Waals surface area contributed by atoms with Crippen LogP contribution in [0.5, 0.6) is 0 Å². The average Bonchev–Trinajstić information content (AvgIpc) is 2.84. The van der Waals surface area contributed by atoms with Crippen molar-refractivity contribution in [2.24, 2.45) is 0 Å². The van der Waals surface area contributed by atoms with Gasteiger partial charge in [-0.3, -0.25) is 0 Å². The molecule has 0 radical (unpaired) electrons. The van der Waals surface area contributed by atoms with Crippen LogP contribution < -0.4 is 5.32 Å². The molecule has 0 saturated carbocycles. The third-order valence-corrected chi connectivity index (χ3v) is 3.99. The quantitative estimate of drug-likeness (QED) is 0.812. The van der Waals surface area contributed by atoms with Gasteiger partial charge in [-0.2, -0.15) is 0 Å². The number of ether oxygens (including phenoxy) is 1. The van der Waals surface area contributed by atoms with Crippen LogP contribution in [-0.2, 0) is 11.3 Å². The van der Waals surface area contributed by atoms with Crippen molar-refractivity contribution >= 4 is 15.9 Å². The molecule has 0 spiro atoms. The molecule has 3 heteroatoms. The van der Waals surface area contributed by atoms with Gasteiger partial charge in [-0.25, -0.2) is 0 Å². The lowest BCUT2D eigenvalue weighted by Crippen LogP contribution is -2.21. The van der Waals surface area contributed by atoms with Gasteiger partial charge in [0.05, 0.1) is 6.61 Å². The third-order valence-electron chi connectivity index (χ3n) is 3.22. The maximum absolute atomic E-state index is 5.70. The molecule has 0 bridgehead atoms. The molecule has 1 unspecified atom stereocenters. The average molecular weight is 298 g/mol. The van der Waals surface area contributed by atoms with E-state index in [2.05, 4.69) is 33.4 Å². The first kappa shape index (κ1) is 13.1. The Labute approximate surface area is 112 Å². The van der Waals surface area contributed by atoms with E-state index in [9.17, 15) is 0 Å². The summed E-state index contributed by atoms with van der Waals surface area (Å²) in [6.45, 7) is 2.77. The summed E-state index contributed by atoms with van der Waals surface area (Å²) in [7, 11) is 0. The second-order valence-electron chi connectivity index (χ2n) is 4.58. The van der Waals surface area contributed by atoms with Crippen molar-refractivity contribution in [3.8, 4) is 0 Å². The van der Waals surface area contributed by atoms with E-state index >= 15 is 0 Å². The maximum Gasteiger partial charge on any atom is 0.0727 e. The molecule has 1 heterocycles. The van der Waals surface area contributed by atoms with Crippen molar-refractivity contribution in [2.75, 3.05) is 13.2 Å². The Morgan fingerprint density at radius 2 is 2.24 bits per heavy atom. The molecule has 1 aliphatic rings. The van der Waals surface area contributed by atoms with Crippen molar-refractivity contribution in [3.63, 3.8) is 0 Å². The van der Waals surface area contributed by atoms with Gasteiger partial charge in [0.25, 0.3) is 0 Å². The number of hydrogen-bond donors (Lipinski definition) is 1. The van der Waals surface area contributed by atoms with Crippen molar-refractivity contribution in [1.82, 2.24) is 5.32 Å². The summed E-state index contributed by atoms with van der Waals surface area (Å²) in [6.07, 6.45) is 5.07. The van der Waals surface area contributed by atoms with Crippen molar-refractivity contribution < 1.29 is 4.74 Å². The first-order chi connectivity index (χ1) is 8.36. The van der Waals surface area contributed by atoms with Gasteiger partial charge in [0.2, 0.25) is 0 Å². The number of nitrogens with one attached hydrogen (secondary N) is 1. The molecule has 0 aromatic heterocycles. The van der Waals surface area contributed by atoms with E-state index in [1.54, 1.807) is 0 Å². The molecule has 2 rings (SSSR count). The van der Waals surface area contributed by atoms with E-state index in [0.717, 1.165) is 23.5 Å². The minimum Gasteiger partial charge on any atom is -0.377 e. The Bertz CT molecular complexity index is 337. The molecule has 94 valence electrons. The van der Waals surface area contributed by atoms with E-state index in [-0.39, 0.29) is 0 Å². The van der Waals surface area contributed by atoms with Crippen LogP contribution in [0.1, 0.15) is 31.2 Å². The molecule has 1 saturated heterocycles. The fourth-order valence-corrected chi connectivity index (χ4v) is 2.63. The molecule has 1 fully saturated rings. The molecular weight excluding hydrogens is 278 g/mol. The van der Waals surface area contributed by atoms with Gasteiger partial charge >= 0.3 is 0 Å². The van der Waals surface area contributed by atoms with Gasteiger partial charge in [0, 0.05) is 17.1 Å². The van der Waals surface area contributed by atoms with Crippen molar-refractivity contribution in [3.05, 3.63) is 34.3 Å². The third kappa shape index (κ3) is 4.41. The summed E-state index contributed by atoms with van der Waals surface area (Å²) in [5, 5.41) is 3.51. The highest BCUT2D eigenvalue weighted by Crippen LogP contribution is 2.17. The monoisotopic (exact) mass is 297 g/mol. The zero-order valence-electron chi connectivity index (χ0n) is 10.1. The largest absolute Gasteiger partial charge is 0.377 e. The number of benzene rings is 1. The zero-order chi connectivity index (χ0) is 11.9. The van der Waals surface area contributed by atoms with Crippen LogP contribution in [0.25, 0.3) is 0 Å². The normalized spacial score (nSPS) is 19.7. The smallest absolute Gasteiger partial charge is 0.0727 e. The SMILES string of the molecule is Brc1ccccc1COCCCC1CCCN1. The number of halogens is 1. The zero-order valence-corrected chi connectivity index (χ0v) is 11.7. The Kier molecular flexibility index (Phi) is 5.49. The summed E-state index contributed by atoms with van der Waals surface area (Å²) in [5.41, 5.74) is 1.23. The van der Waals surface area contributed by atoms with E-state index in [4.69, 9.17) is 4.74 Å². The predicted molar refractivity (Wildman–Crippen MR) is 74.1 cm³/mol. The topological polar surface area (TPSA) is 21.3 Å². The highest BCUT2D eigenvalue weighted by Gasteiger charge is 2.12. The van der Waals surface area contributed by atoms with Crippen LogP contribution in [0.15, 0.2) is 28.7 Å². The van der Waals surface area contributed by atoms with Crippen molar-refractivity contribution in [2.45, 2.75) is 38.3 Å². The molecule has 1 N–H and O–H groups in total. The lowest BCUT2D eigenvalue weighted by Gasteiger charge is -2.10. The van der Waals surface area contributed by atoms with Crippen LogP contribution in [0.2, 0.25) is 0 Å². The standard InChI is InChI=1S/C14H20BrNO/c15-14-8-2-1-5-12(14)11-17-10-4-7-13-6-3-9-16-13/h1-2,5,8,13,16H,3-4,6-7,9-11H2. The first-order valence-electron chi connectivity index (χ1n) is 6.41. The van der Waals surface area contributed by atoms with Crippen LogP contribution in [0.3, 0.4) is 0 Å². The summed E-state index contributed by atoms with van der Waals surface area (Å²) in [5.74, 6) is 0.